The van der Waals surface area contributed by atoms with E-state index in [-0.39, 0.29) is 23.3 Å². The van der Waals surface area contributed by atoms with Crippen molar-refractivity contribution in [2.45, 2.75) is 32.6 Å². The van der Waals surface area contributed by atoms with E-state index in [0.717, 1.165) is 12.8 Å². The minimum Gasteiger partial charge on any atom is -0.356 e. The third-order valence-electron chi connectivity index (χ3n) is 3.44. The van der Waals surface area contributed by atoms with Crippen LogP contribution >= 0.6 is 0 Å². The van der Waals surface area contributed by atoms with Crippen LogP contribution in [0, 0.1) is 11.8 Å². The second kappa shape index (κ2) is 7.09. The molecular formula is C12H24N2O3S. The van der Waals surface area contributed by atoms with Gasteiger partial charge >= 0.3 is 0 Å². The average Bonchev–Trinajstić information content (AvgIpc) is 2.64. The molecule has 5 nitrogen and oxygen atoms in total. The number of nitrogens with one attached hydrogen (secondary N) is 1. The van der Waals surface area contributed by atoms with Crippen molar-refractivity contribution in [2.24, 2.45) is 17.6 Å². The third-order valence-corrected chi connectivity index (χ3v) is 5.28. The van der Waals surface area contributed by atoms with Crippen molar-refractivity contribution < 1.29 is 13.2 Å². The molecular weight excluding hydrogens is 252 g/mol. The second-order valence-electron chi connectivity index (χ2n) is 5.29. The number of carbonyl (C=O) groups is 1. The van der Waals surface area contributed by atoms with Crippen molar-refractivity contribution in [3.63, 3.8) is 0 Å². The average molecular weight is 276 g/mol. The highest BCUT2D eigenvalue weighted by Gasteiger charge is 2.27. The van der Waals surface area contributed by atoms with Gasteiger partial charge < -0.3 is 11.1 Å². The van der Waals surface area contributed by atoms with E-state index in [4.69, 9.17) is 5.73 Å². The summed E-state index contributed by atoms with van der Waals surface area (Å²) in [6.45, 7) is 3.23. The lowest BCUT2D eigenvalue weighted by atomic mass is 10.0. The van der Waals surface area contributed by atoms with Crippen LogP contribution in [0.4, 0.5) is 0 Å². The highest BCUT2D eigenvalue weighted by atomic mass is 32.2. The third kappa shape index (κ3) is 5.82. The maximum absolute atomic E-state index is 11.6. The zero-order valence-corrected chi connectivity index (χ0v) is 11.8. The fourth-order valence-electron chi connectivity index (χ4n) is 2.19. The van der Waals surface area contributed by atoms with Crippen molar-refractivity contribution in [3.8, 4) is 0 Å². The molecule has 1 aliphatic heterocycles. The zero-order valence-electron chi connectivity index (χ0n) is 11.0. The molecule has 0 saturated carbocycles. The minimum atomic E-state index is -2.84. The van der Waals surface area contributed by atoms with Gasteiger partial charge in [0.2, 0.25) is 5.91 Å². The largest absolute Gasteiger partial charge is 0.356 e. The predicted molar refractivity (Wildman–Crippen MR) is 71.8 cm³/mol. The monoisotopic (exact) mass is 276 g/mol. The molecule has 0 aliphatic carbocycles. The van der Waals surface area contributed by atoms with E-state index < -0.39 is 9.84 Å². The van der Waals surface area contributed by atoms with Crippen LogP contribution in [0.15, 0.2) is 0 Å². The van der Waals surface area contributed by atoms with Crippen LogP contribution in [0.5, 0.6) is 0 Å². The maximum Gasteiger partial charge on any atom is 0.220 e. The van der Waals surface area contributed by atoms with E-state index in [1.54, 1.807) is 0 Å². The number of hydrogen-bond acceptors (Lipinski definition) is 4. The molecule has 0 aromatic carbocycles. The molecule has 2 atom stereocenters. The summed E-state index contributed by atoms with van der Waals surface area (Å²) in [7, 11) is -2.84. The first-order valence-electron chi connectivity index (χ1n) is 6.60. The Morgan fingerprint density at radius 2 is 2.17 bits per heavy atom. The van der Waals surface area contributed by atoms with Crippen LogP contribution in [0.25, 0.3) is 0 Å². The summed E-state index contributed by atoms with van der Waals surface area (Å²) in [5.74, 6) is 1.06. The van der Waals surface area contributed by atoms with Gasteiger partial charge in [-0.1, -0.05) is 6.92 Å². The molecule has 1 aliphatic rings. The highest BCUT2D eigenvalue weighted by molar-refractivity contribution is 7.91. The van der Waals surface area contributed by atoms with E-state index in [1.165, 1.54) is 0 Å². The summed E-state index contributed by atoms with van der Waals surface area (Å²) >= 11 is 0. The lowest BCUT2D eigenvalue weighted by Gasteiger charge is -2.12. The van der Waals surface area contributed by atoms with Gasteiger partial charge in [0.05, 0.1) is 11.5 Å². The molecule has 1 fully saturated rings. The first kappa shape index (κ1) is 15.4. The molecule has 1 rings (SSSR count). The van der Waals surface area contributed by atoms with Crippen molar-refractivity contribution in [3.05, 3.63) is 0 Å². The van der Waals surface area contributed by atoms with Crippen LogP contribution in [0.2, 0.25) is 0 Å². The first-order chi connectivity index (χ1) is 8.43. The Bertz CT molecular complexity index is 368. The molecule has 1 amide bonds. The number of nitrogens with two attached hydrogens (primary N) is 1. The van der Waals surface area contributed by atoms with Crippen molar-refractivity contribution in [1.29, 1.82) is 0 Å². The summed E-state index contributed by atoms with van der Waals surface area (Å²) in [4.78, 5) is 11.6. The molecule has 0 radical (unpaired) electrons. The summed E-state index contributed by atoms with van der Waals surface area (Å²) in [5, 5.41) is 2.83. The number of rotatable bonds is 7. The molecule has 2 unspecified atom stereocenters. The summed E-state index contributed by atoms with van der Waals surface area (Å²) in [6, 6.07) is 0. The molecule has 0 spiro atoms. The van der Waals surface area contributed by atoms with E-state index in [2.05, 4.69) is 12.2 Å². The first-order valence-corrected chi connectivity index (χ1v) is 8.42. The topological polar surface area (TPSA) is 89.3 Å². The van der Waals surface area contributed by atoms with E-state index in [1.807, 2.05) is 0 Å². The Morgan fingerprint density at radius 1 is 1.44 bits per heavy atom. The fraction of sp³-hybridized carbons (Fsp3) is 0.917. The normalized spacial score (nSPS) is 23.8. The summed E-state index contributed by atoms with van der Waals surface area (Å²) in [5.41, 5.74) is 5.45. The highest BCUT2D eigenvalue weighted by Crippen LogP contribution is 2.17. The van der Waals surface area contributed by atoms with Gasteiger partial charge in [0, 0.05) is 13.0 Å². The summed E-state index contributed by atoms with van der Waals surface area (Å²) < 4.78 is 22.5. The Labute approximate surface area is 109 Å². The summed E-state index contributed by atoms with van der Waals surface area (Å²) in [6.07, 6.45) is 2.95. The quantitative estimate of drug-likeness (QED) is 0.700. The SMILES string of the molecule is CC(CCN)CCC(=O)NCC1CCS(=O)(=O)C1. The number of amides is 1. The fourth-order valence-corrected chi connectivity index (χ4v) is 4.05. The molecule has 0 aromatic heterocycles. The van der Waals surface area contributed by atoms with E-state index in [9.17, 15) is 13.2 Å². The van der Waals surface area contributed by atoms with Gasteiger partial charge in [0.25, 0.3) is 0 Å². The Hall–Kier alpha value is -0.620. The van der Waals surface area contributed by atoms with Gasteiger partial charge in [-0.3, -0.25) is 4.79 Å². The Kier molecular flexibility index (Phi) is 6.08. The van der Waals surface area contributed by atoms with E-state index in [0.29, 0.717) is 31.8 Å². The molecule has 1 saturated heterocycles. The lowest BCUT2D eigenvalue weighted by Crippen LogP contribution is -2.30. The van der Waals surface area contributed by atoms with Crippen molar-refractivity contribution in [2.75, 3.05) is 24.6 Å². The van der Waals surface area contributed by atoms with Crippen molar-refractivity contribution >= 4 is 15.7 Å². The predicted octanol–water partition coefficient (Wildman–Crippen LogP) is 0.302. The van der Waals surface area contributed by atoms with Crippen LogP contribution in [-0.4, -0.2) is 38.9 Å². The van der Waals surface area contributed by atoms with Gasteiger partial charge in [-0.15, -0.1) is 0 Å². The Balaban J connectivity index is 2.14. The lowest BCUT2D eigenvalue weighted by molar-refractivity contribution is -0.121. The second-order valence-corrected chi connectivity index (χ2v) is 7.52. The van der Waals surface area contributed by atoms with Gasteiger partial charge in [0.1, 0.15) is 0 Å². The van der Waals surface area contributed by atoms with Crippen LogP contribution in [0.3, 0.4) is 0 Å². The number of hydrogen-bond donors (Lipinski definition) is 2. The number of sulfone groups is 1. The minimum absolute atomic E-state index is 0.0168. The Morgan fingerprint density at radius 3 is 2.72 bits per heavy atom. The zero-order chi connectivity index (χ0) is 13.6. The molecule has 1 heterocycles. The molecule has 0 aromatic rings. The smallest absolute Gasteiger partial charge is 0.220 e. The van der Waals surface area contributed by atoms with Gasteiger partial charge in [-0.05, 0) is 37.6 Å². The van der Waals surface area contributed by atoms with Gasteiger partial charge in [-0.25, -0.2) is 8.42 Å². The standard InChI is InChI=1S/C12H24N2O3S/c1-10(4-6-13)2-3-12(15)14-8-11-5-7-18(16,17)9-11/h10-11H,2-9,13H2,1H3,(H,14,15). The molecule has 18 heavy (non-hydrogen) atoms. The van der Waals surface area contributed by atoms with Crippen LogP contribution < -0.4 is 11.1 Å². The van der Waals surface area contributed by atoms with Gasteiger partial charge in [-0.2, -0.15) is 0 Å². The van der Waals surface area contributed by atoms with Gasteiger partial charge in [0.15, 0.2) is 9.84 Å². The van der Waals surface area contributed by atoms with Crippen LogP contribution in [0.1, 0.15) is 32.6 Å². The molecule has 6 heteroatoms. The van der Waals surface area contributed by atoms with Crippen LogP contribution in [-0.2, 0) is 14.6 Å². The molecule has 3 N–H and O–H groups in total. The maximum atomic E-state index is 11.6. The molecule has 0 bridgehead atoms. The number of carbonyl (C=O) groups excluding carboxylic acids is 1. The van der Waals surface area contributed by atoms with E-state index >= 15 is 0 Å². The molecule has 106 valence electrons. The van der Waals surface area contributed by atoms with Crippen molar-refractivity contribution in [1.82, 2.24) is 5.32 Å².